The SMILES string of the molecule is CCC(=N)c1ccc(-c2cc(NC(=O)c3cc(OC)cc(OC)c3)ccc2C)nc1N. The second kappa shape index (κ2) is 9.30. The summed E-state index contributed by atoms with van der Waals surface area (Å²) in [7, 11) is 3.07. The Hall–Kier alpha value is -3.87. The van der Waals surface area contributed by atoms with Crippen LogP contribution in [0, 0.1) is 12.3 Å². The van der Waals surface area contributed by atoms with Crippen LogP contribution in [0.5, 0.6) is 11.5 Å². The lowest BCUT2D eigenvalue weighted by atomic mass is 10.0. The van der Waals surface area contributed by atoms with Crippen molar-refractivity contribution in [1.82, 2.24) is 4.98 Å². The third-order valence-corrected chi connectivity index (χ3v) is 4.99. The van der Waals surface area contributed by atoms with Crippen molar-refractivity contribution in [2.75, 3.05) is 25.3 Å². The van der Waals surface area contributed by atoms with Crippen LogP contribution in [0.2, 0.25) is 0 Å². The zero-order valence-electron chi connectivity index (χ0n) is 18.1. The number of nitrogens with one attached hydrogen (secondary N) is 2. The first-order valence-corrected chi connectivity index (χ1v) is 9.86. The van der Waals surface area contributed by atoms with Gasteiger partial charge in [-0.25, -0.2) is 4.98 Å². The molecule has 0 aliphatic heterocycles. The minimum Gasteiger partial charge on any atom is -0.497 e. The van der Waals surface area contributed by atoms with Gasteiger partial charge < -0.3 is 25.9 Å². The average molecular weight is 418 g/mol. The lowest BCUT2D eigenvalue weighted by molar-refractivity contribution is 0.102. The van der Waals surface area contributed by atoms with E-state index in [2.05, 4.69) is 10.3 Å². The van der Waals surface area contributed by atoms with E-state index in [1.54, 1.807) is 18.2 Å². The first-order valence-electron chi connectivity index (χ1n) is 9.86. The van der Waals surface area contributed by atoms with Crippen molar-refractivity contribution in [3.63, 3.8) is 0 Å². The van der Waals surface area contributed by atoms with Gasteiger partial charge >= 0.3 is 0 Å². The lowest BCUT2D eigenvalue weighted by Gasteiger charge is -2.13. The van der Waals surface area contributed by atoms with E-state index in [9.17, 15) is 4.79 Å². The Morgan fingerprint density at radius 1 is 1.06 bits per heavy atom. The van der Waals surface area contributed by atoms with Gasteiger partial charge in [-0.05, 0) is 55.3 Å². The van der Waals surface area contributed by atoms with Gasteiger partial charge in [0.15, 0.2) is 0 Å². The Bertz CT molecular complexity index is 1120. The molecule has 0 spiro atoms. The van der Waals surface area contributed by atoms with E-state index in [0.29, 0.717) is 52.0 Å². The molecule has 7 heteroatoms. The van der Waals surface area contributed by atoms with E-state index in [1.807, 2.05) is 44.2 Å². The zero-order valence-corrected chi connectivity index (χ0v) is 18.1. The van der Waals surface area contributed by atoms with Crippen LogP contribution in [-0.4, -0.2) is 30.8 Å². The van der Waals surface area contributed by atoms with E-state index < -0.39 is 0 Å². The van der Waals surface area contributed by atoms with Crippen LogP contribution >= 0.6 is 0 Å². The number of rotatable bonds is 7. The van der Waals surface area contributed by atoms with Crippen molar-refractivity contribution in [3.05, 3.63) is 65.2 Å². The molecular weight excluding hydrogens is 392 g/mol. The number of nitrogen functional groups attached to an aromatic ring is 1. The van der Waals surface area contributed by atoms with Gasteiger partial charge in [-0.3, -0.25) is 4.79 Å². The van der Waals surface area contributed by atoms with Gasteiger partial charge in [-0.2, -0.15) is 0 Å². The van der Waals surface area contributed by atoms with E-state index in [0.717, 1.165) is 11.1 Å². The van der Waals surface area contributed by atoms with Crippen LogP contribution in [0.3, 0.4) is 0 Å². The molecule has 1 aromatic heterocycles. The number of benzene rings is 2. The molecule has 160 valence electrons. The van der Waals surface area contributed by atoms with Crippen LogP contribution in [0.4, 0.5) is 11.5 Å². The van der Waals surface area contributed by atoms with E-state index in [4.69, 9.17) is 20.6 Å². The molecule has 0 radical (unpaired) electrons. The van der Waals surface area contributed by atoms with E-state index in [-0.39, 0.29) is 5.91 Å². The van der Waals surface area contributed by atoms with Crippen LogP contribution < -0.4 is 20.5 Å². The maximum atomic E-state index is 12.8. The van der Waals surface area contributed by atoms with Crippen molar-refractivity contribution in [1.29, 1.82) is 5.41 Å². The Morgan fingerprint density at radius 2 is 1.74 bits per heavy atom. The highest BCUT2D eigenvalue weighted by molar-refractivity contribution is 6.05. The molecule has 0 aliphatic rings. The number of nitrogens with two attached hydrogens (primary N) is 1. The molecule has 0 saturated heterocycles. The Morgan fingerprint density at radius 3 is 2.32 bits per heavy atom. The molecule has 7 nitrogen and oxygen atoms in total. The van der Waals surface area contributed by atoms with E-state index >= 15 is 0 Å². The highest BCUT2D eigenvalue weighted by Crippen LogP contribution is 2.28. The molecule has 0 fully saturated rings. The Balaban J connectivity index is 1.91. The molecule has 0 bridgehead atoms. The maximum absolute atomic E-state index is 12.8. The second-order valence-corrected chi connectivity index (χ2v) is 7.05. The Kier molecular flexibility index (Phi) is 6.55. The molecule has 1 amide bonds. The molecule has 0 unspecified atom stereocenters. The predicted octanol–water partition coefficient (Wildman–Crippen LogP) is 4.69. The summed E-state index contributed by atoms with van der Waals surface area (Å²) >= 11 is 0. The molecule has 0 atom stereocenters. The monoisotopic (exact) mass is 418 g/mol. The van der Waals surface area contributed by atoms with Crippen LogP contribution in [-0.2, 0) is 0 Å². The van der Waals surface area contributed by atoms with E-state index in [1.165, 1.54) is 14.2 Å². The molecule has 0 saturated carbocycles. The molecule has 31 heavy (non-hydrogen) atoms. The largest absolute Gasteiger partial charge is 0.497 e. The number of carbonyl (C=O) groups excluding carboxylic acids is 1. The van der Waals surface area contributed by atoms with Crippen LogP contribution in [0.25, 0.3) is 11.3 Å². The normalized spacial score (nSPS) is 10.5. The number of hydrogen-bond donors (Lipinski definition) is 3. The highest BCUT2D eigenvalue weighted by atomic mass is 16.5. The summed E-state index contributed by atoms with van der Waals surface area (Å²) in [4.78, 5) is 17.3. The van der Waals surface area contributed by atoms with Crippen molar-refractivity contribution >= 4 is 23.1 Å². The Labute approximate surface area is 181 Å². The number of methoxy groups -OCH3 is 2. The predicted molar refractivity (Wildman–Crippen MR) is 123 cm³/mol. The third kappa shape index (κ3) is 4.83. The molecule has 3 aromatic rings. The number of nitrogens with zero attached hydrogens (tertiary/aromatic N) is 1. The fourth-order valence-electron chi connectivity index (χ4n) is 3.19. The van der Waals surface area contributed by atoms with Gasteiger partial charge in [-0.1, -0.05) is 13.0 Å². The van der Waals surface area contributed by atoms with Gasteiger partial charge in [-0.15, -0.1) is 0 Å². The summed E-state index contributed by atoms with van der Waals surface area (Å²) in [5, 5.41) is 10.9. The number of aromatic nitrogens is 1. The highest BCUT2D eigenvalue weighted by Gasteiger charge is 2.13. The quantitative estimate of drug-likeness (QED) is 0.482. The minimum absolute atomic E-state index is 0.286. The van der Waals surface area contributed by atoms with Crippen molar-refractivity contribution in [3.8, 4) is 22.8 Å². The van der Waals surface area contributed by atoms with Gasteiger partial charge in [0.25, 0.3) is 5.91 Å². The summed E-state index contributed by atoms with van der Waals surface area (Å²) in [5.41, 5.74) is 10.7. The number of pyridine rings is 1. The summed E-state index contributed by atoms with van der Waals surface area (Å²) in [6, 6.07) is 14.3. The fraction of sp³-hybridized carbons (Fsp3) is 0.208. The summed E-state index contributed by atoms with van der Waals surface area (Å²) in [6.45, 7) is 3.87. The van der Waals surface area contributed by atoms with Crippen molar-refractivity contribution in [2.45, 2.75) is 20.3 Å². The molecule has 2 aromatic carbocycles. The molecular formula is C24H26N4O3. The van der Waals surface area contributed by atoms with Gasteiger partial charge in [0, 0.05) is 34.2 Å². The number of hydrogen-bond acceptors (Lipinski definition) is 6. The van der Waals surface area contributed by atoms with Gasteiger partial charge in [0.2, 0.25) is 0 Å². The van der Waals surface area contributed by atoms with Crippen molar-refractivity contribution in [2.24, 2.45) is 0 Å². The third-order valence-electron chi connectivity index (χ3n) is 4.99. The minimum atomic E-state index is -0.286. The summed E-state index contributed by atoms with van der Waals surface area (Å²) < 4.78 is 10.5. The van der Waals surface area contributed by atoms with Gasteiger partial charge in [0.1, 0.15) is 17.3 Å². The number of ether oxygens (including phenoxy) is 2. The topological polar surface area (TPSA) is 110 Å². The number of aryl methyl sites for hydroxylation is 1. The second-order valence-electron chi connectivity index (χ2n) is 7.05. The molecule has 0 aliphatic carbocycles. The number of carbonyl (C=O) groups is 1. The molecule has 1 heterocycles. The molecule has 3 rings (SSSR count). The van der Waals surface area contributed by atoms with Crippen molar-refractivity contribution < 1.29 is 14.3 Å². The van der Waals surface area contributed by atoms with Crippen LogP contribution in [0.15, 0.2) is 48.5 Å². The number of amides is 1. The fourth-order valence-corrected chi connectivity index (χ4v) is 3.19. The van der Waals surface area contributed by atoms with Crippen LogP contribution in [0.1, 0.15) is 34.8 Å². The standard InChI is InChI=1S/C24H26N4O3/c1-5-21(25)19-8-9-22(28-23(19)26)20-12-16(7-6-14(20)2)27-24(29)15-10-17(30-3)13-18(11-15)31-4/h6-13,25H,5H2,1-4H3,(H2,26,28)(H,27,29). The summed E-state index contributed by atoms with van der Waals surface area (Å²) in [5.74, 6) is 1.10. The average Bonchev–Trinajstić information content (AvgIpc) is 2.79. The molecule has 4 N–H and O–H groups in total. The lowest BCUT2D eigenvalue weighted by Crippen LogP contribution is -2.12. The zero-order chi connectivity index (χ0) is 22.5. The number of anilines is 2. The smallest absolute Gasteiger partial charge is 0.255 e. The first kappa shape index (κ1) is 21.8. The van der Waals surface area contributed by atoms with Gasteiger partial charge in [0.05, 0.1) is 19.9 Å². The summed E-state index contributed by atoms with van der Waals surface area (Å²) in [6.07, 6.45) is 0.584. The maximum Gasteiger partial charge on any atom is 0.255 e. The first-order chi connectivity index (χ1) is 14.9.